The first kappa shape index (κ1) is 15.1. The molecule has 0 saturated carbocycles. The first-order valence-electron chi connectivity index (χ1n) is 7.16. The lowest BCUT2D eigenvalue weighted by Crippen LogP contribution is -2.35. The van der Waals surface area contributed by atoms with E-state index in [1.807, 2.05) is 35.8 Å². The lowest BCUT2D eigenvalue weighted by atomic mass is 10.1. The van der Waals surface area contributed by atoms with Gasteiger partial charge in [-0.05, 0) is 17.7 Å². The smallest absolute Gasteiger partial charge is 0.140 e. The van der Waals surface area contributed by atoms with Gasteiger partial charge in [-0.3, -0.25) is 9.58 Å². The molecule has 4 nitrogen and oxygen atoms in total. The zero-order valence-electron chi connectivity index (χ0n) is 12.4. The highest BCUT2D eigenvalue weighted by molar-refractivity contribution is 7.99. The van der Waals surface area contributed by atoms with Crippen molar-refractivity contribution in [3.05, 3.63) is 53.1 Å². The molecule has 1 saturated heterocycles. The fourth-order valence-corrected chi connectivity index (χ4v) is 3.89. The molecule has 1 aromatic heterocycles. The van der Waals surface area contributed by atoms with E-state index in [-0.39, 0.29) is 5.56 Å². The summed E-state index contributed by atoms with van der Waals surface area (Å²) in [5, 5.41) is 13.2. The van der Waals surface area contributed by atoms with E-state index in [1.165, 1.54) is 11.6 Å². The third-order valence-corrected chi connectivity index (χ3v) is 4.91. The zero-order valence-corrected chi connectivity index (χ0v) is 13.2. The number of thioether (sulfide) groups is 1. The van der Waals surface area contributed by atoms with Crippen LogP contribution in [0.2, 0.25) is 0 Å². The third kappa shape index (κ3) is 3.16. The molecule has 6 heteroatoms. The first-order valence-corrected chi connectivity index (χ1v) is 8.31. The van der Waals surface area contributed by atoms with Gasteiger partial charge in [0.05, 0.1) is 11.8 Å². The molecule has 0 N–H and O–H groups in total. The Morgan fingerprint density at radius 1 is 1.50 bits per heavy atom. The standard InChI is InChI=1S/C16H17FN4S/c1-20-10-14(8-19-20)16-11-22-5-4-21(16)9-12-2-3-15(17)13(6-12)7-18/h2-3,6,8,10,16H,4-5,9,11H2,1H3/t16-/m1/s1. The van der Waals surface area contributed by atoms with Crippen LogP contribution in [0.4, 0.5) is 4.39 Å². The molecule has 1 aromatic carbocycles. The maximum absolute atomic E-state index is 13.4. The molecule has 114 valence electrons. The van der Waals surface area contributed by atoms with Crippen LogP contribution < -0.4 is 0 Å². The molecular weight excluding hydrogens is 299 g/mol. The van der Waals surface area contributed by atoms with Crippen LogP contribution in [0.1, 0.15) is 22.7 Å². The van der Waals surface area contributed by atoms with Gasteiger partial charge in [0.25, 0.3) is 0 Å². The molecule has 0 amide bonds. The number of nitrogens with zero attached hydrogens (tertiary/aromatic N) is 4. The summed E-state index contributed by atoms with van der Waals surface area (Å²) >= 11 is 1.94. The molecule has 0 radical (unpaired) electrons. The summed E-state index contributed by atoms with van der Waals surface area (Å²) in [6.45, 7) is 1.69. The van der Waals surface area contributed by atoms with Crippen molar-refractivity contribution in [1.82, 2.24) is 14.7 Å². The highest BCUT2D eigenvalue weighted by atomic mass is 32.2. The summed E-state index contributed by atoms with van der Waals surface area (Å²) in [6.07, 6.45) is 3.96. The highest BCUT2D eigenvalue weighted by Gasteiger charge is 2.25. The zero-order chi connectivity index (χ0) is 15.5. The maximum Gasteiger partial charge on any atom is 0.140 e. The van der Waals surface area contributed by atoms with Gasteiger partial charge < -0.3 is 0 Å². The average Bonchev–Trinajstić information content (AvgIpc) is 2.96. The topological polar surface area (TPSA) is 44.9 Å². The van der Waals surface area contributed by atoms with Gasteiger partial charge in [0.1, 0.15) is 11.9 Å². The maximum atomic E-state index is 13.4. The molecule has 0 unspecified atom stereocenters. The van der Waals surface area contributed by atoms with Gasteiger partial charge in [-0.1, -0.05) is 6.07 Å². The summed E-state index contributed by atoms with van der Waals surface area (Å²) in [4.78, 5) is 2.38. The van der Waals surface area contributed by atoms with E-state index >= 15 is 0 Å². The van der Waals surface area contributed by atoms with Crippen molar-refractivity contribution in [1.29, 1.82) is 5.26 Å². The molecule has 1 aliphatic heterocycles. The predicted octanol–water partition coefficient (Wildman–Crippen LogP) is 2.72. The minimum absolute atomic E-state index is 0.113. The molecule has 3 rings (SSSR count). The number of nitriles is 1. The molecule has 2 aromatic rings. The minimum Gasteiger partial charge on any atom is -0.290 e. The van der Waals surface area contributed by atoms with Crippen LogP contribution in [-0.2, 0) is 13.6 Å². The van der Waals surface area contributed by atoms with E-state index in [9.17, 15) is 4.39 Å². The number of benzene rings is 1. The second-order valence-electron chi connectivity index (χ2n) is 5.43. The Bertz CT molecular complexity index is 706. The first-order chi connectivity index (χ1) is 10.7. The molecular formula is C16H17FN4S. The number of aryl methyl sites for hydroxylation is 1. The van der Waals surface area contributed by atoms with Crippen LogP contribution in [-0.4, -0.2) is 32.7 Å². The van der Waals surface area contributed by atoms with Gasteiger partial charge in [-0.15, -0.1) is 0 Å². The third-order valence-electron chi connectivity index (χ3n) is 3.89. The lowest BCUT2D eigenvalue weighted by Gasteiger charge is -2.35. The van der Waals surface area contributed by atoms with Crippen molar-refractivity contribution in [3.8, 4) is 6.07 Å². The van der Waals surface area contributed by atoms with E-state index in [0.29, 0.717) is 6.04 Å². The van der Waals surface area contributed by atoms with Gasteiger partial charge >= 0.3 is 0 Å². The summed E-state index contributed by atoms with van der Waals surface area (Å²) in [6, 6.07) is 7.01. The Kier molecular flexibility index (Phi) is 4.46. The van der Waals surface area contributed by atoms with Gasteiger partial charge in [0, 0.05) is 49.4 Å². The molecule has 1 fully saturated rings. The average molecular weight is 316 g/mol. The Morgan fingerprint density at radius 3 is 3.09 bits per heavy atom. The van der Waals surface area contributed by atoms with Crippen molar-refractivity contribution in [2.45, 2.75) is 12.6 Å². The molecule has 0 bridgehead atoms. The van der Waals surface area contributed by atoms with E-state index in [1.54, 1.807) is 12.1 Å². The summed E-state index contributed by atoms with van der Waals surface area (Å²) in [5.74, 6) is 1.66. The van der Waals surface area contributed by atoms with Gasteiger partial charge in [-0.25, -0.2) is 4.39 Å². The van der Waals surface area contributed by atoms with E-state index < -0.39 is 5.82 Å². The van der Waals surface area contributed by atoms with Gasteiger partial charge in [0.2, 0.25) is 0 Å². The number of halogens is 1. The van der Waals surface area contributed by atoms with Crippen molar-refractivity contribution in [2.24, 2.45) is 7.05 Å². The fraction of sp³-hybridized carbons (Fsp3) is 0.375. The second-order valence-corrected chi connectivity index (χ2v) is 6.58. The van der Waals surface area contributed by atoms with Crippen molar-refractivity contribution in [2.75, 3.05) is 18.1 Å². The molecule has 1 atom stereocenters. The van der Waals surface area contributed by atoms with Crippen LogP contribution in [0.25, 0.3) is 0 Å². The van der Waals surface area contributed by atoms with Crippen LogP contribution >= 0.6 is 11.8 Å². The number of rotatable bonds is 3. The lowest BCUT2D eigenvalue weighted by molar-refractivity contribution is 0.212. The Morgan fingerprint density at radius 2 is 2.36 bits per heavy atom. The van der Waals surface area contributed by atoms with Gasteiger partial charge in [-0.2, -0.15) is 22.1 Å². The quantitative estimate of drug-likeness (QED) is 0.873. The summed E-state index contributed by atoms with van der Waals surface area (Å²) in [5.41, 5.74) is 2.29. The normalized spacial score (nSPS) is 19.0. The number of aromatic nitrogens is 2. The Balaban J connectivity index is 1.81. The van der Waals surface area contributed by atoms with Crippen molar-refractivity contribution in [3.63, 3.8) is 0 Å². The number of hydrogen-bond donors (Lipinski definition) is 0. The monoisotopic (exact) mass is 316 g/mol. The molecule has 2 heterocycles. The molecule has 22 heavy (non-hydrogen) atoms. The Hall–Kier alpha value is -1.84. The van der Waals surface area contributed by atoms with Crippen LogP contribution in [0.3, 0.4) is 0 Å². The number of hydrogen-bond acceptors (Lipinski definition) is 4. The van der Waals surface area contributed by atoms with Crippen molar-refractivity contribution >= 4 is 11.8 Å². The summed E-state index contributed by atoms with van der Waals surface area (Å²) < 4.78 is 15.3. The fourth-order valence-electron chi connectivity index (χ4n) is 2.74. The minimum atomic E-state index is -0.454. The van der Waals surface area contributed by atoms with Crippen molar-refractivity contribution < 1.29 is 4.39 Å². The summed E-state index contributed by atoms with van der Waals surface area (Å²) in [7, 11) is 1.92. The van der Waals surface area contributed by atoms with Gasteiger partial charge in [0.15, 0.2) is 0 Å². The van der Waals surface area contributed by atoms with E-state index in [4.69, 9.17) is 5.26 Å². The SMILES string of the molecule is Cn1cc([C@H]2CSCCN2Cc2ccc(F)c(C#N)c2)cn1. The Labute approximate surface area is 133 Å². The van der Waals surface area contributed by atoms with E-state index in [2.05, 4.69) is 16.2 Å². The van der Waals surface area contributed by atoms with Crippen LogP contribution in [0.15, 0.2) is 30.6 Å². The molecule has 0 aliphatic carbocycles. The highest BCUT2D eigenvalue weighted by Crippen LogP contribution is 2.30. The van der Waals surface area contributed by atoms with E-state index in [0.717, 1.165) is 30.2 Å². The largest absolute Gasteiger partial charge is 0.290 e. The van der Waals surface area contributed by atoms with Crippen LogP contribution in [0, 0.1) is 17.1 Å². The molecule has 1 aliphatic rings. The second kappa shape index (κ2) is 6.51. The predicted molar refractivity (Wildman–Crippen MR) is 84.8 cm³/mol. The molecule has 0 spiro atoms. The van der Waals surface area contributed by atoms with Crippen LogP contribution in [0.5, 0.6) is 0 Å².